The molecule has 1 fully saturated rings. The Morgan fingerprint density at radius 1 is 1.28 bits per heavy atom. The van der Waals surface area contributed by atoms with E-state index in [-0.39, 0.29) is 18.0 Å². The third kappa shape index (κ3) is 2.50. The number of hydrogen-bond acceptors (Lipinski definition) is 5. The van der Waals surface area contributed by atoms with Gasteiger partial charge in [0.15, 0.2) is 0 Å². The Morgan fingerprint density at radius 3 is 2.83 bits per heavy atom. The van der Waals surface area contributed by atoms with Crippen LogP contribution in [0.5, 0.6) is 0 Å². The minimum Gasteiger partial charge on any atom is -0.378 e. The van der Waals surface area contributed by atoms with E-state index in [4.69, 9.17) is 4.74 Å². The molecule has 0 unspecified atom stereocenters. The van der Waals surface area contributed by atoms with Gasteiger partial charge in [-0.3, -0.25) is 9.78 Å². The number of nitrogens with one attached hydrogen (secondary N) is 2. The molecular formula is C11H17ClN4O2. The minimum absolute atomic E-state index is 0. The van der Waals surface area contributed by atoms with E-state index < -0.39 is 0 Å². The van der Waals surface area contributed by atoms with Crippen molar-refractivity contribution in [3.05, 3.63) is 21.6 Å². The van der Waals surface area contributed by atoms with Gasteiger partial charge in [0, 0.05) is 25.2 Å². The summed E-state index contributed by atoms with van der Waals surface area (Å²) in [5.74, 6) is 0.681. The first-order valence-corrected chi connectivity index (χ1v) is 6.00. The molecule has 2 aliphatic rings. The second kappa shape index (κ2) is 5.69. The van der Waals surface area contributed by atoms with Crippen LogP contribution in [0.1, 0.15) is 11.3 Å². The van der Waals surface area contributed by atoms with Crippen molar-refractivity contribution in [2.24, 2.45) is 0 Å². The van der Waals surface area contributed by atoms with E-state index in [9.17, 15) is 4.79 Å². The van der Waals surface area contributed by atoms with Crippen LogP contribution in [0, 0.1) is 0 Å². The van der Waals surface area contributed by atoms with E-state index in [2.05, 4.69) is 20.2 Å². The predicted molar refractivity (Wildman–Crippen MR) is 70.5 cm³/mol. The molecule has 1 saturated heterocycles. The molecule has 7 heteroatoms. The van der Waals surface area contributed by atoms with Crippen LogP contribution < -0.4 is 15.8 Å². The van der Waals surface area contributed by atoms with Gasteiger partial charge >= 0.3 is 0 Å². The Balaban J connectivity index is 0.00000120. The van der Waals surface area contributed by atoms with Crippen molar-refractivity contribution in [1.29, 1.82) is 0 Å². The Kier molecular flexibility index (Phi) is 4.21. The van der Waals surface area contributed by atoms with Crippen molar-refractivity contribution in [1.82, 2.24) is 15.3 Å². The molecular weight excluding hydrogens is 256 g/mol. The normalized spacial score (nSPS) is 19.0. The SMILES string of the molecule is Cl.O=c1[nH]c(N2CCOCC2)nc2c1CCNC2. The number of rotatable bonds is 1. The zero-order valence-corrected chi connectivity index (χ0v) is 10.9. The van der Waals surface area contributed by atoms with Crippen LogP contribution >= 0.6 is 12.4 Å². The molecule has 2 aliphatic heterocycles. The second-order valence-corrected chi connectivity index (χ2v) is 4.34. The Morgan fingerprint density at radius 2 is 2.06 bits per heavy atom. The molecule has 0 saturated carbocycles. The number of nitrogens with zero attached hydrogens (tertiary/aromatic N) is 2. The third-order valence-electron chi connectivity index (χ3n) is 3.24. The molecule has 6 nitrogen and oxygen atoms in total. The highest BCUT2D eigenvalue weighted by atomic mass is 35.5. The number of morpholine rings is 1. The van der Waals surface area contributed by atoms with E-state index in [0.717, 1.165) is 37.3 Å². The highest BCUT2D eigenvalue weighted by Gasteiger charge is 2.19. The summed E-state index contributed by atoms with van der Waals surface area (Å²) in [6.45, 7) is 4.51. The molecule has 0 bridgehead atoms. The monoisotopic (exact) mass is 272 g/mol. The molecule has 1 aromatic heterocycles. The molecule has 0 spiro atoms. The third-order valence-corrected chi connectivity index (χ3v) is 3.24. The molecule has 2 N–H and O–H groups in total. The molecule has 1 aromatic rings. The van der Waals surface area contributed by atoms with Gasteiger partial charge in [-0.15, -0.1) is 12.4 Å². The number of fused-ring (bicyclic) bond motifs is 1. The minimum atomic E-state index is 0. The van der Waals surface area contributed by atoms with Gasteiger partial charge in [-0.1, -0.05) is 0 Å². The van der Waals surface area contributed by atoms with Gasteiger partial charge in [0.2, 0.25) is 5.95 Å². The summed E-state index contributed by atoms with van der Waals surface area (Å²) in [5.41, 5.74) is 1.74. The highest BCUT2D eigenvalue weighted by molar-refractivity contribution is 5.85. The fourth-order valence-corrected chi connectivity index (χ4v) is 2.28. The lowest BCUT2D eigenvalue weighted by Crippen LogP contribution is -2.40. The summed E-state index contributed by atoms with van der Waals surface area (Å²) in [6.07, 6.45) is 0.765. The molecule has 3 rings (SSSR count). The summed E-state index contributed by atoms with van der Waals surface area (Å²) in [7, 11) is 0. The number of H-pyrrole nitrogens is 1. The van der Waals surface area contributed by atoms with Crippen LogP contribution in [0.4, 0.5) is 5.95 Å². The molecule has 0 radical (unpaired) electrons. The Labute approximate surface area is 111 Å². The molecule has 18 heavy (non-hydrogen) atoms. The number of halogens is 1. The average molecular weight is 273 g/mol. The summed E-state index contributed by atoms with van der Waals surface area (Å²) in [4.78, 5) is 21.4. The summed E-state index contributed by atoms with van der Waals surface area (Å²) >= 11 is 0. The van der Waals surface area contributed by atoms with Crippen LogP contribution in [0.15, 0.2) is 4.79 Å². The first-order chi connectivity index (χ1) is 8.34. The van der Waals surface area contributed by atoms with E-state index in [1.165, 1.54) is 0 Å². The van der Waals surface area contributed by atoms with Gasteiger partial charge in [-0.2, -0.15) is 0 Å². The first kappa shape index (κ1) is 13.3. The average Bonchev–Trinajstić information content (AvgIpc) is 2.40. The summed E-state index contributed by atoms with van der Waals surface area (Å²) in [6, 6.07) is 0. The van der Waals surface area contributed by atoms with Gasteiger partial charge in [0.05, 0.1) is 18.9 Å². The summed E-state index contributed by atoms with van der Waals surface area (Å²) < 4.78 is 5.29. The Bertz CT molecular complexity index is 471. The van der Waals surface area contributed by atoms with Crippen LogP contribution in [0.3, 0.4) is 0 Å². The van der Waals surface area contributed by atoms with Gasteiger partial charge in [-0.05, 0) is 13.0 Å². The number of hydrogen-bond donors (Lipinski definition) is 2. The molecule has 0 aromatic carbocycles. The van der Waals surface area contributed by atoms with Crippen molar-refractivity contribution >= 4 is 18.4 Å². The number of aromatic amines is 1. The van der Waals surface area contributed by atoms with Crippen molar-refractivity contribution in [3.63, 3.8) is 0 Å². The smallest absolute Gasteiger partial charge is 0.255 e. The maximum atomic E-state index is 11.9. The lowest BCUT2D eigenvalue weighted by molar-refractivity contribution is 0.122. The topological polar surface area (TPSA) is 70.2 Å². The maximum absolute atomic E-state index is 11.9. The lowest BCUT2D eigenvalue weighted by atomic mass is 10.1. The fraction of sp³-hybridized carbons (Fsp3) is 0.636. The number of aromatic nitrogens is 2. The van der Waals surface area contributed by atoms with E-state index in [1.807, 2.05) is 0 Å². The molecule has 3 heterocycles. The number of anilines is 1. The van der Waals surface area contributed by atoms with Gasteiger partial charge in [-0.25, -0.2) is 4.98 Å². The maximum Gasteiger partial charge on any atom is 0.255 e. The Hall–Kier alpha value is -1.11. The standard InChI is InChI=1S/C11H16N4O2.ClH/c16-10-8-1-2-12-7-9(8)13-11(14-10)15-3-5-17-6-4-15;/h12H,1-7H2,(H,13,14,16);1H. The lowest BCUT2D eigenvalue weighted by Gasteiger charge is -2.28. The first-order valence-electron chi connectivity index (χ1n) is 6.00. The quantitative estimate of drug-likeness (QED) is 0.733. The van der Waals surface area contributed by atoms with Gasteiger partial charge in [0.1, 0.15) is 0 Å². The van der Waals surface area contributed by atoms with Gasteiger partial charge < -0.3 is 15.0 Å². The van der Waals surface area contributed by atoms with E-state index >= 15 is 0 Å². The van der Waals surface area contributed by atoms with Gasteiger partial charge in [0.25, 0.3) is 5.56 Å². The number of ether oxygens (including phenoxy) is 1. The van der Waals surface area contributed by atoms with Crippen LogP contribution in [0.25, 0.3) is 0 Å². The highest BCUT2D eigenvalue weighted by Crippen LogP contribution is 2.12. The van der Waals surface area contributed by atoms with E-state index in [0.29, 0.717) is 25.7 Å². The van der Waals surface area contributed by atoms with Crippen molar-refractivity contribution in [2.45, 2.75) is 13.0 Å². The van der Waals surface area contributed by atoms with E-state index in [1.54, 1.807) is 0 Å². The van der Waals surface area contributed by atoms with Crippen molar-refractivity contribution in [2.75, 3.05) is 37.7 Å². The zero-order chi connectivity index (χ0) is 11.7. The fourth-order valence-electron chi connectivity index (χ4n) is 2.28. The molecule has 100 valence electrons. The van der Waals surface area contributed by atoms with Crippen molar-refractivity contribution in [3.8, 4) is 0 Å². The molecule has 0 amide bonds. The molecule has 0 atom stereocenters. The zero-order valence-electron chi connectivity index (χ0n) is 10.1. The predicted octanol–water partition coefficient (Wildman–Crippen LogP) is -0.326. The van der Waals surface area contributed by atoms with Crippen LogP contribution in [0.2, 0.25) is 0 Å². The summed E-state index contributed by atoms with van der Waals surface area (Å²) in [5, 5.41) is 3.24. The molecule has 0 aliphatic carbocycles. The largest absolute Gasteiger partial charge is 0.378 e. The second-order valence-electron chi connectivity index (χ2n) is 4.34. The van der Waals surface area contributed by atoms with Crippen LogP contribution in [-0.4, -0.2) is 42.8 Å². The van der Waals surface area contributed by atoms with Crippen molar-refractivity contribution < 1.29 is 4.74 Å². The van der Waals surface area contributed by atoms with Crippen LogP contribution in [-0.2, 0) is 17.7 Å².